The Morgan fingerprint density at radius 1 is 1.00 bits per heavy atom. The molecule has 2 saturated heterocycles. The molecule has 2 fully saturated rings. The number of aliphatic hydroxyl groups is 2. The maximum atomic E-state index is 12.7. The predicted molar refractivity (Wildman–Crippen MR) is 218 cm³/mol. The SMILES string of the molecule is CC(C)(COP(=O)(O)OP(=O)(O)OC[C@H]1O[C@@H](n2cnc3c(N)ncnc32)C(O)C1OP(=O)(O)O)[C@@H](O)C(=O)NCCC(=O)NCCSC1CC(=O)N(CCCCCC(=O)NN)C1=O. The number of aliphatic hydroxyl groups excluding tert-OH is 2. The molecule has 2 aliphatic heterocycles. The average molecular weight is 993 g/mol. The number of fused-ring (bicyclic) bond motifs is 1. The van der Waals surface area contributed by atoms with E-state index in [9.17, 15) is 67.5 Å². The Bertz CT molecular complexity index is 2150. The highest BCUT2D eigenvalue weighted by Gasteiger charge is 2.50. The fraction of sp³-hybridized carbons (Fsp3) is 0.677. The van der Waals surface area contributed by atoms with Crippen LogP contribution in [0.2, 0.25) is 0 Å². The van der Waals surface area contributed by atoms with Gasteiger partial charge in [0.2, 0.25) is 29.5 Å². The Labute approximate surface area is 368 Å². The maximum absolute atomic E-state index is 12.7. The van der Waals surface area contributed by atoms with Crippen molar-refractivity contribution in [3.8, 4) is 0 Å². The van der Waals surface area contributed by atoms with Crippen molar-refractivity contribution >= 4 is 81.7 Å². The van der Waals surface area contributed by atoms with Gasteiger partial charge in [-0.1, -0.05) is 20.3 Å². The van der Waals surface area contributed by atoms with Gasteiger partial charge in [-0.2, -0.15) is 4.31 Å². The monoisotopic (exact) mass is 992 g/mol. The molecule has 0 spiro atoms. The van der Waals surface area contributed by atoms with Crippen LogP contribution in [0.4, 0.5) is 5.82 Å². The molecule has 0 saturated carbocycles. The van der Waals surface area contributed by atoms with Gasteiger partial charge in [0, 0.05) is 50.1 Å². The number of hydrazine groups is 1. The molecule has 4 heterocycles. The Hall–Kier alpha value is -3.54. The van der Waals surface area contributed by atoms with Crippen molar-refractivity contribution < 1.29 is 90.1 Å². The summed E-state index contributed by atoms with van der Waals surface area (Å²) in [6.07, 6.45) is -5.12. The van der Waals surface area contributed by atoms with Crippen molar-refractivity contribution in [3.05, 3.63) is 12.7 Å². The molecule has 360 valence electrons. The van der Waals surface area contributed by atoms with Gasteiger partial charge in [0.15, 0.2) is 17.7 Å². The molecule has 5 amide bonds. The molecule has 2 aliphatic rings. The fourth-order valence-corrected chi connectivity index (χ4v) is 10.0. The van der Waals surface area contributed by atoms with E-state index in [1.54, 1.807) is 0 Å². The summed E-state index contributed by atoms with van der Waals surface area (Å²) in [4.78, 5) is 113. The van der Waals surface area contributed by atoms with Gasteiger partial charge in [0.1, 0.15) is 36.3 Å². The van der Waals surface area contributed by atoms with Crippen LogP contribution < -0.4 is 27.6 Å². The summed E-state index contributed by atoms with van der Waals surface area (Å²) in [6, 6.07) is 0. The van der Waals surface area contributed by atoms with Crippen molar-refractivity contribution in [1.29, 1.82) is 0 Å². The number of likely N-dealkylation sites (tertiary alicyclic amines) is 1. The summed E-state index contributed by atoms with van der Waals surface area (Å²) in [6.45, 7) is 0.523. The summed E-state index contributed by atoms with van der Waals surface area (Å²) in [7, 11) is -16.5. The number of thioether (sulfide) groups is 1. The molecule has 33 heteroatoms. The van der Waals surface area contributed by atoms with Crippen LogP contribution in [-0.2, 0) is 60.3 Å². The van der Waals surface area contributed by atoms with E-state index in [-0.39, 0.29) is 73.6 Å². The fourth-order valence-electron chi connectivity index (χ4n) is 6.15. The third-order valence-electron chi connectivity index (χ3n) is 9.47. The average Bonchev–Trinajstić information content (AvgIpc) is 3.86. The number of rotatable bonds is 26. The van der Waals surface area contributed by atoms with E-state index in [4.69, 9.17) is 25.4 Å². The van der Waals surface area contributed by atoms with Gasteiger partial charge >= 0.3 is 23.5 Å². The smallest absolute Gasteiger partial charge is 0.386 e. The van der Waals surface area contributed by atoms with Crippen LogP contribution in [0.1, 0.15) is 58.6 Å². The predicted octanol–water partition coefficient (Wildman–Crippen LogP) is -2.18. The minimum absolute atomic E-state index is 0.0185. The number of nitrogens with zero attached hydrogens (tertiary/aromatic N) is 5. The number of unbranched alkanes of at least 4 members (excludes halogenated alkanes) is 2. The molecule has 2 aromatic rings. The van der Waals surface area contributed by atoms with Crippen LogP contribution in [0.25, 0.3) is 11.2 Å². The summed E-state index contributed by atoms with van der Waals surface area (Å²) in [5.41, 5.74) is 6.23. The molecule has 29 nitrogen and oxygen atoms in total. The number of carbonyl (C=O) groups is 5. The molecule has 0 bridgehead atoms. The standard InChI is InChI=1S/C31H51N10O19P3S/c1-31(2,25(46)28(47)35-8-7-19(42)34-9-11-64-18-12-21(44)40(29(18)48)10-5-3-4-6-20(43)39-33)14-57-63(54,55)60-62(52,53)56-13-17-24(59-61(49,50)51)23(45)30(58-17)41-16-38-22-26(32)36-15-37-27(22)41/h15-18,23-25,30,45-46H,3-14,33H2,1-2H3,(H,34,42)(H,35,47)(H,39,43)(H,52,53)(H,54,55)(H2,32,36,37)(H2,49,50,51)/t17-,18?,23?,24?,25+,30-/m1/s1. The zero-order chi connectivity index (χ0) is 47.6. The number of amides is 5. The lowest BCUT2D eigenvalue weighted by Gasteiger charge is -2.30. The first-order chi connectivity index (χ1) is 29.8. The number of nitrogens with one attached hydrogen (secondary N) is 3. The van der Waals surface area contributed by atoms with Crippen molar-refractivity contribution in [2.75, 3.05) is 44.3 Å². The number of imide groups is 1. The maximum Gasteiger partial charge on any atom is 0.481 e. The van der Waals surface area contributed by atoms with E-state index >= 15 is 0 Å². The van der Waals surface area contributed by atoms with Gasteiger partial charge in [-0.25, -0.2) is 34.5 Å². The molecule has 2 aromatic heterocycles. The number of nitrogens with two attached hydrogens (primary N) is 2. The number of imidazole rings is 1. The highest BCUT2D eigenvalue weighted by molar-refractivity contribution is 8.00. The van der Waals surface area contributed by atoms with Crippen molar-refractivity contribution in [3.63, 3.8) is 0 Å². The summed E-state index contributed by atoms with van der Waals surface area (Å²) >= 11 is 1.20. The highest BCUT2D eigenvalue weighted by Crippen LogP contribution is 2.61. The third-order valence-corrected chi connectivity index (χ3v) is 13.8. The number of phosphoric acid groups is 3. The topological polar surface area (TPSA) is 439 Å². The number of phosphoric ester groups is 3. The van der Waals surface area contributed by atoms with E-state index in [2.05, 4.69) is 34.4 Å². The van der Waals surface area contributed by atoms with Crippen molar-refractivity contribution in [2.45, 2.75) is 88.3 Å². The zero-order valence-corrected chi connectivity index (χ0v) is 37.7. The Morgan fingerprint density at radius 2 is 1.70 bits per heavy atom. The highest BCUT2D eigenvalue weighted by atomic mass is 32.2. The lowest BCUT2D eigenvalue weighted by Crippen LogP contribution is -2.46. The van der Waals surface area contributed by atoms with Crippen LogP contribution in [0.15, 0.2) is 12.7 Å². The van der Waals surface area contributed by atoms with Crippen molar-refractivity contribution in [1.82, 2.24) is 40.5 Å². The van der Waals surface area contributed by atoms with Crippen LogP contribution in [-0.4, -0.2) is 152 Å². The van der Waals surface area contributed by atoms with E-state index in [1.165, 1.54) is 30.5 Å². The minimum Gasteiger partial charge on any atom is -0.386 e. The van der Waals surface area contributed by atoms with Gasteiger partial charge in [-0.05, 0) is 12.8 Å². The second kappa shape index (κ2) is 22.8. The molecule has 8 atom stereocenters. The third kappa shape index (κ3) is 15.3. The van der Waals surface area contributed by atoms with Crippen LogP contribution in [0, 0.1) is 5.41 Å². The van der Waals surface area contributed by atoms with Gasteiger partial charge in [0.25, 0.3) is 0 Å². The molecule has 0 aliphatic carbocycles. The van der Waals surface area contributed by atoms with Gasteiger partial charge in [-0.3, -0.25) is 52.4 Å². The number of ether oxygens (including phenoxy) is 1. The number of hydrogen-bond acceptors (Lipinski definition) is 21. The van der Waals surface area contributed by atoms with Crippen LogP contribution in [0.3, 0.4) is 0 Å². The van der Waals surface area contributed by atoms with Gasteiger partial charge < -0.3 is 50.9 Å². The Morgan fingerprint density at radius 3 is 2.39 bits per heavy atom. The lowest BCUT2D eigenvalue weighted by molar-refractivity contribution is -0.139. The second-order valence-corrected chi connectivity index (χ2v) is 20.4. The summed E-state index contributed by atoms with van der Waals surface area (Å²) in [5, 5.41) is 25.9. The number of nitrogen functional groups attached to an aromatic ring is 1. The number of aromatic nitrogens is 4. The quantitative estimate of drug-likeness (QED) is 0.0119. The lowest BCUT2D eigenvalue weighted by atomic mass is 9.87. The second-order valence-electron chi connectivity index (χ2n) is 14.9. The van der Waals surface area contributed by atoms with E-state index in [0.717, 1.165) is 17.2 Å². The number of anilines is 1. The Balaban J connectivity index is 1.17. The molecule has 0 radical (unpaired) electrons. The Kier molecular flexibility index (Phi) is 18.9. The molecule has 64 heavy (non-hydrogen) atoms. The molecular formula is C31H51N10O19P3S. The molecule has 13 N–H and O–H groups in total. The first-order valence-electron chi connectivity index (χ1n) is 19.2. The van der Waals surface area contributed by atoms with E-state index in [0.29, 0.717) is 25.0 Å². The zero-order valence-electron chi connectivity index (χ0n) is 34.2. The first-order valence-corrected chi connectivity index (χ1v) is 24.8. The van der Waals surface area contributed by atoms with E-state index < -0.39 is 89.8 Å². The first kappa shape index (κ1) is 53.1. The van der Waals surface area contributed by atoms with Crippen molar-refractivity contribution in [2.24, 2.45) is 11.3 Å². The molecule has 4 rings (SSSR count). The van der Waals surface area contributed by atoms with E-state index in [1.807, 2.05) is 5.43 Å². The minimum atomic E-state index is -5.60. The number of carbonyl (C=O) groups excluding carboxylic acids is 5. The largest absolute Gasteiger partial charge is 0.481 e. The number of hydrogen-bond donors (Lipinski definition) is 11. The van der Waals surface area contributed by atoms with Gasteiger partial charge in [-0.15, -0.1) is 11.8 Å². The van der Waals surface area contributed by atoms with Crippen LogP contribution in [0.5, 0.6) is 0 Å². The summed E-state index contributed by atoms with van der Waals surface area (Å²) < 4.78 is 62.3. The summed E-state index contributed by atoms with van der Waals surface area (Å²) in [5.74, 6) is 2.86. The van der Waals surface area contributed by atoms with Gasteiger partial charge in [0.05, 0.1) is 24.8 Å². The van der Waals surface area contributed by atoms with Crippen LogP contribution >= 0.6 is 35.2 Å². The normalized spacial score (nSPS) is 22.9. The molecular weight excluding hydrogens is 941 g/mol. The molecule has 0 aromatic carbocycles. The molecule has 5 unspecified atom stereocenters.